The lowest BCUT2D eigenvalue weighted by Gasteiger charge is -2.32. The van der Waals surface area contributed by atoms with Gasteiger partial charge in [-0.05, 0) is 37.1 Å². The Balaban J connectivity index is 1.40. The van der Waals surface area contributed by atoms with Gasteiger partial charge in [-0.25, -0.2) is 15.0 Å². The third kappa shape index (κ3) is 3.61. The monoisotopic (exact) mass is 354 g/mol. The van der Waals surface area contributed by atoms with Crippen molar-refractivity contribution in [3.8, 4) is 6.01 Å². The maximum absolute atomic E-state index is 12.8. The van der Waals surface area contributed by atoms with Crippen LogP contribution in [0.15, 0.2) is 42.2 Å². The Kier molecular flexibility index (Phi) is 4.56. The van der Waals surface area contributed by atoms with Gasteiger partial charge in [0.05, 0.1) is 22.3 Å². The van der Waals surface area contributed by atoms with Crippen LogP contribution in [0.4, 0.5) is 0 Å². The molecule has 0 spiro atoms. The van der Waals surface area contributed by atoms with Crippen molar-refractivity contribution < 1.29 is 9.53 Å². The molecule has 1 fully saturated rings. The number of ether oxygens (including phenoxy) is 1. The van der Waals surface area contributed by atoms with Gasteiger partial charge in [-0.3, -0.25) is 4.79 Å². The van der Waals surface area contributed by atoms with Gasteiger partial charge in [0.2, 0.25) is 0 Å². The Hall–Kier alpha value is -2.54. The molecule has 1 unspecified atom stereocenters. The Bertz CT molecular complexity index is 868. The van der Waals surface area contributed by atoms with E-state index in [1.807, 2.05) is 23.1 Å². The van der Waals surface area contributed by atoms with E-state index >= 15 is 0 Å². The molecule has 0 saturated carbocycles. The predicted molar refractivity (Wildman–Crippen MR) is 95.8 cm³/mol. The lowest BCUT2D eigenvalue weighted by atomic mass is 9.98. The molecule has 1 aromatic carbocycles. The minimum atomic E-state index is 0.0796. The van der Waals surface area contributed by atoms with E-state index in [4.69, 9.17) is 4.74 Å². The predicted octanol–water partition coefficient (Wildman–Crippen LogP) is 3.02. The Morgan fingerprint density at radius 3 is 3.04 bits per heavy atom. The van der Waals surface area contributed by atoms with Crippen LogP contribution in [0.3, 0.4) is 0 Å². The van der Waals surface area contributed by atoms with Crippen LogP contribution >= 0.6 is 11.3 Å². The summed E-state index contributed by atoms with van der Waals surface area (Å²) in [5, 5.41) is 0. The highest BCUT2D eigenvalue weighted by molar-refractivity contribution is 7.16. The zero-order chi connectivity index (χ0) is 17.1. The highest BCUT2D eigenvalue weighted by Gasteiger charge is 2.25. The van der Waals surface area contributed by atoms with Crippen molar-refractivity contribution in [3.63, 3.8) is 0 Å². The zero-order valence-corrected chi connectivity index (χ0v) is 14.5. The summed E-state index contributed by atoms with van der Waals surface area (Å²) in [6.45, 7) is 2.02. The third-order valence-electron chi connectivity index (χ3n) is 4.37. The molecule has 128 valence electrons. The second-order valence-electron chi connectivity index (χ2n) is 6.14. The van der Waals surface area contributed by atoms with Gasteiger partial charge in [-0.15, -0.1) is 11.3 Å². The summed E-state index contributed by atoms with van der Waals surface area (Å²) < 4.78 is 6.71. The van der Waals surface area contributed by atoms with E-state index in [9.17, 15) is 4.79 Å². The average molecular weight is 354 g/mol. The van der Waals surface area contributed by atoms with Crippen molar-refractivity contribution in [2.45, 2.75) is 12.8 Å². The van der Waals surface area contributed by atoms with Crippen LogP contribution < -0.4 is 4.74 Å². The summed E-state index contributed by atoms with van der Waals surface area (Å²) >= 11 is 1.56. The van der Waals surface area contributed by atoms with Gasteiger partial charge in [0, 0.05) is 37.0 Å². The number of carbonyl (C=O) groups excluding carboxylic acids is 1. The Labute approximate surface area is 149 Å². The summed E-state index contributed by atoms with van der Waals surface area (Å²) in [6, 6.07) is 7.86. The summed E-state index contributed by atoms with van der Waals surface area (Å²) in [5.41, 5.74) is 3.47. The van der Waals surface area contributed by atoms with Crippen LogP contribution in [-0.2, 0) is 0 Å². The number of hydrogen-bond donors (Lipinski definition) is 0. The number of amides is 1. The third-order valence-corrected chi connectivity index (χ3v) is 5.17. The molecule has 1 saturated heterocycles. The van der Waals surface area contributed by atoms with Crippen molar-refractivity contribution in [1.82, 2.24) is 19.9 Å². The molecule has 0 N–H and O–H groups in total. The van der Waals surface area contributed by atoms with E-state index in [0.717, 1.165) is 35.2 Å². The highest BCUT2D eigenvalue weighted by Crippen LogP contribution is 2.23. The van der Waals surface area contributed by atoms with Gasteiger partial charge in [-0.1, -0.05) is 0 Å². The van der Waals surface area contributed by atoms with E-state index in [1.165, 1.54) is 0 Å². The van der Waals surface area contributed by atoms with E-state index in [2.05, 4.69) is 15.0 Å². The smallest absolute Gasteiger partial charge is 0.316 e. The fraction of sp³-hybridized carbons (Fsp3) is 0.333. The van der Waals surface area contributed by atoms with Gasteiger partial charge >= 0.3 is 6.01 Å². The number of piperidine rings is 1. The molecule has 2 aromatic heterocycles. The Morgan fingerprint density at radius 1 is 1.28 bits per heavy atom. The maximum Gasteiger partial charge on any atom is 0.316 e. The standard InChI is InChI=1S/C18H18N4O2S/c23-17(14-4-5-15-16(9-14)25-12-21-15)22-8-1-3-13(10-22)11-24-18-19-6-2-7-20-18/h2,4-7,9,12-13H,1,3,8,10-11H2. The second kappa shape index (κ2) is 7.14. The fourth-order valence-electron chi connectivity index (χ4n) is 3.11. The molecule has 4 rings (SSSR count). The molecule has 0 aliphatic carbocycles. The summed E-state index contributed by atoms with van der Waals surface area (Å²) in [4.78, 5) is 27.2. The quantitative estimate of drug-likeness (QED) is 0.720. The lowest BCUT2D eigenvalue weighted by molar-refractivity contribution is 0.0629. The average Bonchev–Trinajstić information content (AvgIpc) is 3.14. The normalized spacial score (nSPS) is 17.6. The van der Waals surface area contributed by atoms with Crippen molar-refractivity contribution in [2.24, 2.45) is 5.92 Å². The molecule has 25 heavy (non-hydrogen) atoms. The SMILES string of the molecule is O=C(c1ccc2ncsc2c1)N1CCCC(COc2ncccn2)C1. The number of fused-ring (bicyclic) bond motifs is 1. The highest BCUT2D eigenvalue weighted by atomic mass is 32.1. The maximum atomic E-state index is 12.8. The molecule has 0 bridgehead atoms. The van der Waals surface area contributed by atoms with Crippen LogP contribution in [-0.4, -0.2) is 45.5 Å². The van der Waals surface area contributed by atoms with Crippen LogP contribution in [0.25, 0.3) is 10.2 Å². The molecule has 0 radical (unpaired) electrons. The number of hydrogen-bond acceptors (Lipinski definition) is 6. The number of nitrogens with zero attached hydrogens (tertiary/aromatic N) is 4. The minimum absolute atomic E-state index is 0.0796. The summed E-state index contributed by atoms with van der Waals surface area (Å²) in [7, 11) is 0. The van der Waals surface area contributed by atoms with E-state index in [0.29, 0.717) is 25.1 Å². The number of thiazole rings is 1. The van der Waals surface area contributed by atoms with E-state index in [-0.39, 0.29) is 5.91 Å². The number of carbonyl (C=O) groups is 1. The summed E-state index contributed by atoms with van der Waals surface area (Å²) in [5.74, 6) is 0.379. The topological polar surface area (TPSA) is 68.2 Å². The van der Waals surface area contributed by atoms with Crippen LogP contribution in [0.2, 0.25) is 0 Å². The van der Waals surface area contributed by atoms with Crippen LogP contribution in [0.1, 0.15) is 23.2 Å². The fourth-order valence-corrected chi connectivity index (χ4v) is 3.82. The van der Waals surface area contributed by atoms with E-state index < -0.39 is 0 Å². The Morgan fingerprint density at radius 2 is 2.16 bits per heavy atom. The molecule has 6 nitrogen and oxygen atoms in total. The van der Waals surface area contributed by atoms with Crippen molar-refractivity contribution in [1.29, 1.82) is 0 Å². The van der Waals surface area contributed by atoms with Crippen molar-refractivity contribution >= 4 is 27.5 Å². The molecule has 1 aliphatic heterocycles. The molecule has 3 heterocycles. The largest absolute Gasteiger partial charge is 0.463 e. The molecular formula is C18H18N4O2S. The second-order valence-corrected chi connectivity index (χ2v) is 7.02. The first-order chi connectivity index (χ1) is 12.3. The zero-order valence-electron chi connectivity index (χ0n) is 13.7. The van der Waals surface area contributed by atoms with Crippen LogP contribution in [0.5, 0.6) is 6.01 Å². The molecule has 1 atom stereocenters. The molecule has 1 aliphatic rings. The molecule has 1 amide bonds. The summed E-state index contributed by atoms with van der Waals surface area (Å²) in [6.07, 6.45) is 5.35. The van der Waals surface area contributed by atoms with Gasteiger partial charge in [0.15, 0.2) is 0 Å². The number of likely N-dealkylation sites (tertiary alicyclic amines) is 1. The van der Waals surface area contributed by atoms with Crippen molar-refractivity contribution in [3.05, 3.63) is 47.7 Å². The minimum Gasteiger partial charge on any atom is -0.463 e. The number of benzene rings is 1. The van der Waals surface area contributed by atoms with E-state index in [1.54, 1.807) is 35.3 Å². The first-order valence-corrected chi connectivity index (χ1v) is 9.20. The van der Waals surface area contributed by atoms with Crippen LogP contribution in [0, 0.1) is 5.92 Å². The van der Waals surface area contributed by atoms with Gasteiger partial charge < -0.3 is 9.64 Å². The lowest BCUT2D eigenvalue weighted by Crippen LogP contribution is -2.41. The molecule has 3 aromatic rings. The van der Waals surface area contributed by atoms with Gasteiger partial charge in [0.1, 0.15) is 0 Å². The first kappa shape index (κ1) is 16.0. The first-order valence-electron chi connectivity index (χ1n) is 8.32. The number of aromatic nitrogens is 3. The van der Waals surface area contributed by atoms with Crippen molar-refractivity contribution in [2.75, 3.05) is 19.7 Å². The molecule has 7 heteroatoms. The van der Waals surface area contributed by atoms with Gasteiger partial charge in [-0.2, -0.15) is 0 Å². The number of rotatable bonds is 4. The molecular weight excluding hydrogens is 336 g/mol. The van der Waals surface area contributed by atoms with Gasteiger partial charge in [0.25, 0.3) is 5.91 Å².